The second kappa shape index (κ2) is 6.57. The Labute approximate surface area is 129 Å². The lowest BCUT2D eigenvalue weighted by Crippen LogP contribution is -2.32. The van der Waals surface area contributed by atoms with Crippen molar-refractivity contribution in [2.24, 2.45) is 12.9 Å². The maximum Gasteiger partial charge on any atom is 0.0926 e. The van der Waals surface area contributed by atoms with E-state index in [4.69, 9.17) is 17.4 Å². The van der Waals surface area contributed by atoms with Crippen LogP contribution in [0.4, 0.5) is 0 Å². The monoisotopic (exact) mass is 311 g/mol. The van der Waals surface area contributed by atoms with E-state index >= 15 is 0 Å². The number of likely N-dealkylation sites (N-methyl/N-ethyl adjacent to an activating group) is 1. The lowest BCUT2D eigenvalue weighted by atomic mass is 10.1. The van der Waals surface area contributed by atoms with Gasteiger partial charge in [0, 0.05) is 25.4 Å². The molecule has 116 valence electrons. The van der Waals surface area contributed by atoms with Crippen LogP contribution in [0.2, 0.25) is 5.02 Å². The summed E-state index contributed by atoms with van der Waals surface area (Å²) in [6.45, 7) is 3.56. The average Bonchev–Trinajstić information content (AvgIpc) is 2.93. The lowest BCUT2D eigenvalue weighted by Gasteiger charge is -2.19. The molecule has 0 spiro atoms. The Balaban J connectivity index is 2.38. The van der Waals surface area contributed by atoms with Crippen LogP contribution in [0.3, 0.4) is 0 Å². The predicted molar refractivity (Wildman–Crippen MR) is 82.9 cm³/mol. The zero-order valence-electron chi connectivity index (χ0n) is 12.8. The van der Waals surface area contributed by atoms with E-state index in [0.29, 0.717) is 5.02 Å². The van der Waals surface area contributed by atoms with E-state index in [9.17, 15) is 0 Å². The summed E-state index contributed by atoms with van der Waals surface area (Å²) in [7, 11) is 5.93. The van der Waals surface area contributed by atoms with E-state index in [1.165, 1.54) is 0 Å². The van der Waals surface area contributed by atoms with Gasteiger partial charge >= 0.3 is 0 Å². The summed E-state index contributed by atoms with van der Waals surface area (Å²) < 4.78 is 3.66. The summed E-state index contributed by atoms with van der Waals surface area (Å²) >= 11 is 6.32. The van der Waals surface area contributed by atoms with Crippen molar-refractivity contribution >= 4 is 11.6 Å². The van der Waals surface area contributed by atoms with Crippen LogP contribution < -0.4 is 11.3 Å². The minimum Gasteiger partial charge on any atom is -0.308 e. The fourth-order valence-corrected chi connectivity index (χ4v) is 2.60. The maximum atomic E-state index is 6.32. The molecule has 1 unspecified atom stereocenters. The number of aryl methyl sites for hydroxylation is 2. The van der Waals surface area contributed by atoms with E-state index in [0.717, 1.165) is 30.0 Å². The van der Waals surface area contributed by atoms with Crippen LogP contribution in [0.5, 0.6) is 0 Å². The number of nitrogens with zero attached hydrogens (tertiary/aromatic N) is 5. The third-order valence-corrected chi connectivity index (χ3v) is 3.69. The highest BCUT2D eigenvalue weighted by Crippen LogP contribution is 2.29. The normalized spacial score (nSPS) is 13.1. The van der Waals surface area contributed by atoms with Crippen LogP contribution in [-0.2, 0) is 13.6 Å². The van der Waals surface area contributed by atoms with Crippen molar-refractivity contribution in [2.75, 3.05) is 20.6 Å². The first kappa shape index (κ1) is 16.0. The molecule has 8 heteroatoms. The molecule has 0 saturated heterocycles. The molecule has 0 bridgehead atoms. The largest absolute Gasteiger partial charge is 0.308 e. The number of hydrogen-bond donors (Lipinski definition) is 2. The van der Waals surface area contributed by atoms with Crippen molar-refractivity contribution in [3.8, 4) is 0 Å². The standard InChI is InChI=1S/C13H22ClN7/c1-9-10(8-20(4)18-9)12(17-15)13-11(14)7-16-21(13)6-5-19(2)3/h7-8,12,17H,5-6,15H2,1-4H3. The molecule has 0 aromatic carbocycles. The van der Waals surface area contributed by atoms with Gasteiger partial charge in [0.05, 0.1) is 35.2 Å². The molecule has 21 heavy (non-hydrogen) atoms. The molecule has 0 amide bonds. The molecular weight excluding hydrogens is 290 g/mol. The van der Waals surface area contributed by atoms with Gasteiger partial charge in [0.25, 0.3) is 0 Å². The number of nitrogens with two attached hydrogens (primary N) is 1. The van der Waals surface area contributed by atoms with E-state index < -0.39 is 0 Å². The van der Waals surface area contributed by atoms with E-state index in [1.54, 1.807) is 10.9 Å². The molecule has 0 radical (unpaired) electrons. The molecule has 0 saturated carbocycles. The molecule has 2 aromatic rings. The molecule has 2 heterocycles. The quantitative estimate of drug-likeness (QED) is 0.606. The van der Waals surface area contributed by atoms with Crippen LogP contribution >= 0.6 is 11.6 Å². The van der Waals surface area contributed by atoms with Gasteiger partial charge in [0.15, 0.2) is 0 Å². The van der Waals surface area contributed by atoms with Gasteiger partial charge in [-0.05, 0) is 21.0 Å². The van der Waals surface area contributed by atoms with Gasteiger partial charge in [-0.1, -0.05) is 11.6 Å². The van der Waals surface area contributed by atoms with Crippen molar-refractivity contribution in [1.29, 1.82) is 0 Å². The Kier molecular flexibility index (Phi) is 5.00. The van der Waals surface area contributed by atoms with Crippen LogP contribution in [0.15, 0.2) is 12.4 Å². The minimum atomic E-state index is -0.240. The van der Waals surface area contributed by atoms with Gasteiger partial charge in [-0.25, -0.2) is 5.43 Å². The zero-order chi connectivity index (χ0) is 15.6. The van der Waals surface area contributed by atoms with E-state index in [1.807, 2.05) is 38.9 Å². The van der Waals surface area contributed by atoms with Gasteiger partial charge in [-0.2, -0.15) is 10.2 Å². The summed E-state index contributed by atoms with van der Waals surface area (Å²) in [6, 6.07) is -0.240. The second-order valence-corrected chi connectivity index (χ2v) is 5.75. The second-order valence-electron chi connectivity index (χ2n) is 5.35. The third kappa shape index (κ3) is 3.44. The fourth-order valence-electron chi connectivity index (χ4n) is 2.35. The summed E-state index contributed by atoms with van der Waals surface area (Å²) in [4.78, 5) is 2.10. The van der Waals surface area contributed by atoms with Crippen molar-refractivity contribution < 1.29 is 0 Å². The number of aromatic nitrogens is 4. The van der Waals surface area contributed by atoms with Gasteiger partial charge in [0.1, 0.15) is 0 Å². The smallest absolute Gasteiger partial charge is 0.0926 e. The molecule has 0 aliphatic carbocycles. The van der Waals surface area contributed by atoms with Crippen LogP contribution in [0.25, 0.3) is 0 Å². The Morgan fingerprint density at radius 1 is 1.48 bits per heavy atom. The van der Waals surface area contributed by atoms with Crippen molar-refractivity contribution in [2.45, 2.75) is 19.5 Å². The first-order valence-corrected chi connectivity index (χ1v) is 7.14. The molecule has 0 aliphatic heterocycles. The van der Waals surface area contributed by atoms with Gasteiger partial charge in [-0.15, -0.1) is 0 Å². The number of halogens is 1. The summed E-state index contributed by atoms with van der Waals surface area (Å²) in [6.07, 6.45) is 3.60. The summed E-state index contributed by atoms with van der Waals surface area (Å²) in [5, 5.41) is 9.31. The topological polar surface area (TPSA) is 76.9 Å². The lowest BCUT2D eigenvalue weighted by molar-refractivity contribution is 0.365. The first-order chi connectivity index (χ1) is 9.93. The minimum absolute atomic E-state index is 0.240. The molecule has 7 nitrogen and oxygen atoms in total. The molecule has 3 N–H and O–H groups in total. The Bertz CT molecular complexity index is 602. The van der Waals surface area contributed by atoms with Crippen LogP contribution in [0, 0.1) is 6.92 Å². The van der Waals surface area contributed by atoms with Gasteiger partial charge in [0.2, 0.25) is 0 Å². The molecule has 1 atom stereocenters. The number of hydrogen-bond acceptors (Lipinski definition) is 5. The summed E-state index contributed by atoms with van der Waals surface area (Å²) in [5.74, 6) is 5.77. The highest BCUT2D eigenvalue weighted by atomic mass is 35.5. The van der Waals surface area contributed by atoms with Crippen LogP contribution in [0.1, 0.15) is 23.0 Å². The highest BCUT2D eigenvalue weighted by molar-refractivity contribution is 6.31. The van der Waals surface area contributed by atoms with Crippen molar-refractivity contribution in [3.63, 3.8) is 0 Å². The molecule has 0 aliphatic rings. The molecule has 0 fully saturated rings. The predicted octanol–water partition coefficient (Wildman–Crippen LogP) is 0.693. The Morgan fingerprint density at radius 2 is 2.19 bits per heavy atom. The first-order valence-electron chi connectivity index (χ1n) is 6.76. The third-order valence-electron chi connectivity index (χ3n) is 3.39. The molecule has 2 aromatic heterocycles. The van der Waals surface area contributed by atoms with Crippen molar-refractivity contribution in [1.82, 2.24) is 29.9 Å². The zero-order valence-corrected chi connectivity index (χ0v) is 13.6. The summed E-state index contributed by atoms with van der Waals surface area (Å²) in [5.41, 5.74) is 5.60. The van der Waals surface area contributed by atoms with Crippen molar-refractivity contribution in [3.05, 3.63) is 34.4 Å². The van der Waals surface area contributed by atoms with Crippen LogP contribution in [-0.4, -0.2) is 45.1 Å². The number of rotatable bonds is 6. The SMILES string of the molecule is Cc1nn(C)cc1C(NN)c1c(Cl)cnn1CCN(C)C. The number of nitrogens with one attached hydrogen (secondary N) is 1. The Hall–Kier alpha value is -1.41. The number of hydrazine groups is 1. The van der Waals surface area contributed by atoms with Gasteiger partial charge in [-0.3, -0.25) is 15.2 Å². The van der Waals surface area contributed by atoms with E-state index in [2.05, 4.69) is 20.5 Å². The molecule has 2 rings (SSSR count). The highest BCUT2D eigenvalue weighted by Gasteiger charge is 2.24. The van der Waals surface area contributed by atoms with Gasteiger partial charge < -0.3 is 4.90 Å². The van der Waals surface area contributed by atoms with E-state index in [-0.39, 0.29) is 6.04 Å². The average molecular weight is 312 g/mol. The molecular formula is C13H22ClN7. The Morgan fingerprint density at radius 3 is 2.71 bits per heavy atom. The maximum absolute atomic E-state index is 6.32. The fraction of sp³-hybridized carbons (Fsp3) is 0.538.